The third-order valence-electron chi connectivity index (χ3n) is 3.24. The van der Waals surface area contributed by atoms with E-state index in [9.17, 15) is 9.90 Å². The SMILES string of the molecule is CC(C)C(=O)OCC1(CO)CCCCC1. The van der Waals surface area contributed by atoms with Crippen LogP contribution in [0, 0.1) is 11.3 Å². The van der Waals surface area contributed by atoms with E-state index >= 15 is 0 Å². The summed E-state index contributed by atoms with van der Waals surface area (Å²) in [5.74, 6) is -0.238. The summed E-state index contributed by atoms with van der Waals surface area (Å²) in [6, 6.07) is 0. The number of rotatable bonds is 4. The average molecular weight is 214 g/mol. The molecule has 3 nitrogen and oxygen atoms in total. The highest BCUT2D eigenvalue weighted by Crippen LogP contribution is 2.36. The normalized spacial score (nSPS) is 20.3. The van der Waals surface area contributed by atoms with Gasteiger partial charge >= 0.3 is 5.97 Å². The van der Waals surface area contributed by atoms with Crippen molar-refractivity contribution >= 4 is 5.97 Å². The molecule has 0 bridgehead atoms. The van der Waals surface area contributed by atoms with Crippen molar-refractivity contribution in [3.05, 3.63) is 0 Å². The van der Waals surface area contributed by atoms with Gasteiger partial charge in [0.2, 0.25) is 0 Å². The van der Waals surface area contributed by atoms with Crippen LogP contribution in [0.2, 0.25) is 0 Å². The van der Waals surface area contributed by atoms with Crippen molar-refractivity contribution in [2.75, 3.05) is 13.2 Å². The highest BCUT2D eigenvalue weighted by Gasteiger charge is 2.33. The highest BCUT2D eigenvalue weighted by atomic mass is 16.5. The Hall–Kier alpha value is -0.570. The first-order valence-electron chi connectivity index (χ1n) is 5.87. The standard InChI is InChI=1S/C12H22O3/c1-10(2)11(14)15-9-12(8-13)6-4-3-5-7-12/h10,13H,3-9H2,1-2H3. The second-order valence-electron chi connectivity index (χ2n) is 4.98. The van der Waals surface area contributed by atoms with Crippen LogP contribution in [0.1, 0.15) is 46.0 Å². The Kier molecular flexibility index (Phi) is 4.58. The molecular formula is C12H22O3. The third-order valence-corrected chi connectivity index (χ3v) is 3.24. The Labute approximate surface area is 91.8 Å². The maximum absolute atomic E-state index is 11.3. The van der Waals surface area contributed by atoms with Gasteiger partial charge < -0.3 is 9.84 Å². The summed E-state index contributed by atoms with van der Waals surface area (Å²) in [5.41, 5.74) is -0.150. The quantitative estimate of drug-likeness (QED) is 0.729. The molecule has 0 atom stereocenters. The van der Waals surface area contributed by atoms with E-state index in [1.165, 1.54) is 6.42 Å². The summed E-state index contributed by atoms with van der Waals surface area (Å²) in [4.78, 5) is 11.3. The third kappa shape index (κ3) is 3.49. The van der Waals surface area contributed by atoms with Gasteiger partial charge in [-0.1, -0.05) is 33.1 Å². The molecule has 1 aliphatic rings. The van der Waals surface area contributed by atoms with E-state index < -0.39 is 0 Å². The zero-order valence-corrected chi connectivity index (χ0v) is 9.79. The average Bonchev–Trinajstić information content (AvgIpc) is 2.27. The van der Waals surface area contributed by atoms with Gasteiger partial charge in [0.05, 0.1) is 19.1 Å². The first kappa shape index (κ1) is 12.5. The minimum absolute atomic E-state index is 0.0793. The van der Waals surface area contributed by atoms with Crippen molar-refractivity contribution in [3.8, 4) is 0 Å². The van der Waals surface area contributed by atoms with Crippen molar-refractivity contribution in [3.63, 3.8) is 0 Å². The predicted molar refractivity (Wildman–Crippen MR) is 58.4 cm³/mol. The van der Waals surface area contributed by atoms with E-state index in [0.29, 0.717) is 6.61 Å². The van der Waals surface area contributed by atoms with Gasteiger partial charge in [0.1, 0.15) is 0 Å². The lowest BCUT2D eigenvalue weighted by Gasteiger charge is -2.34. The van der Waals surface area contributed by atoms with Crippen molar-refractivity contribution in [1.82, 2.24) is 0 Å². The Morgan fingerprint density at radius 1 is 1.33 bits per heavy atom. The zero-order chi connectivity index (χ0) is 11.3. The smallest absolute Gasteiger partial charge is 0.308 e. The molecular weight excluding hydrogens is 192 g/mol. The second kappa shape index (κ2) is 5.50. The summed E-state index contributed by atoms with van der Waals surface area (Å²) in [6.07, 6.45) is 5.48. The molecule has 0 spiro atoms. The maximum atomic E-state index is 11.3. The number of esters is 1. The van der Waals surface area contributed by atoms with Crippen molar-refractivity contribution in [2.24, 2.45) is 11.3 Å². The minimum atomic E-state index is -0.159. The number of carbonyl (C=O) groups excluding carboxylic acids is 1. The monoisotopic (exact) mass is 214 g/mol. The molecule has 88 valence electrons. The largest absolute Gasteiger partial charge is 0.465 e. The van der Waals surface area contributed by atoms with E-state index in [2.05, 4.69) is 0 Å². The number of ether oxygens (including phenoxy) is 1. The molecule has 1 saturated carbocycles. The number of hydrogen-bond donors (Lipinski definition) is 1. The van der Waals surface area contributed by atoms with Gasteiger partial charge in [0, 0.05) is 5.41 Å². The Morgan fingerprint density at radius 2 is 1.93 bits per heavy atom. The predicted octanol–water partition coefficient (Wildman–Crippen LogP) is 2.13. The Morgan fingerprint density at radius 3 is 2.40 bits per heavy atom. The first-order valence-corrected chi connectivity index (χ1v) is 5.87. The molecule has 0 heterocycles. The summed E-state index contributed by atoms with van der Waals surface area (Å²) < 4.78 is 5.24. The molecule has 1 N–H and O–H groups in total. The molecule has 0 saturated heterocycles. The van der Waals surface area contributed by atoms with Gasteiger partial charge in [-0.2, -0.15) is 0 Å². The number of aliphatic hydroxyl groups is 1. The van der Waals surface area contributed by atoms with Crippen LogP contribution in [0.4, 0.5) is 0 Å². The van der Waals surface area contributed by atoms with Crippen LogP contribution < -0.4 is 0 Å². The fourth-order valence-corrected chi connectivity index (χ4v) is 2.04. The number of hydrogen-bond acceptors (Lipinski definition) is 3. The van der Waals surface area contributed by atoms with Gasteiger partial charge in [-0.15, -0.1) is 0 Å². The molecule has 0 radical (unpaired) electrons. The van der Waals surface area contributed by atoms with Crippen LogP contribution in [0.5, 0.6) is 0 Å². The molecule has 0 aliphatic heterocycles. The van der Waals surface area contributed by atoms with Gasteiger partial charge in [0.25, 0.3) is 0 Å². The molecule has 1 aliphatic carbocycles. The molecule has 15 heavy (non-hydrogen) atoms. The molecule has 0 amide bonds. The summed E-state index contributed by atoms with van der Waals surface area (Å²) in [5, 5.41) is 9.40. The molecule has 3 heteroatoms. The second-order valence-corrected chi connectivity index (χ2v) is 4.98. The van der Waals surface area contributed by atoms with E-state index in [0.717, 1.165) is 25.7 Å². The first-order chi connectivity index (χ1) is 7.09. The van der Waals surface area contributed by atoms with Crippen LogP contribution in [0.15, 0.2) is 0 Å². The van der Waals surface area contributed by atoms with Crippen molar-refractivity contribution in [2.45, 2.75) is 46.0 Å². The fraction of sp³-hybridized carbons (Fsp3) is 0.917. The van der Waals surface area contributed by atoms with Crippen LogP contribution in [-0.2, 0) is 9.53 Å². The fourth-order valence-electron chi connectivity index (χ4n) is 2.04. The van der Waals surface area contributed by atoms with E-state index in [4.69, 9.17) is 4.74 Å². The van der Waals surface area contributed by atoms with E-state index in [-0.39, 0.29) is 23.9 Å². The van der Waals surface area contributed by atoms with Gasteiger partial charge in [-0.3, -0.25) is 4.79 Å². The van der Waals surface area contributed by atoms with Crippen LogP contribution in [-0.4, -0.2) is 24.3 Å². The molecule has 1 fully saturated rings. The lowest BCUT2D eigenvalue weighted by Crippen LogP contribution is -2.35. The highest BCUT2D eigenvalue weighted by molar-refractivity contribution is 5.71. The summed E-state index contributed by atoms with van der Waals surface area (Å²) in [6.45, 7) is 4.18. The van der Waals surface area contributed by atoms with Crippen molar-refractivity contribution < 1.29 is 14.6 Å². The van der Waals surface area contributed by atoms with E-state index in [1.807, 2.05) is 13.8 Å². The van der Waals surface area contributed by atoms with Crippen LogP contribution >= 0.6 is 0 Å². The summed E-state index contributed by atoms with van der Waals surface area (Å²) in [7, 11) is 0. The van der Waals surface area contributed by atoms with E-state index in [1.54, 1.807) is 0 Å². The molecule has 0 aromatic carbocycles. The Bertz CT molecular complexity index is 205. The topological polar surface area (TPSA) is 46.5 Å². The van der Waals surface area contributed by atoms with Crippen LogP contribution in [0.25, 0.3) is 0 Å². The maximum Gasteiger partial charge on any atom is 0.308 e. The lowest BCUT2D eigenvalue weighted by molar-refractivity contribution is -0.153. The molecule has 0 aromatic rings. The van der Waals surface area contributed by atoms with Gasteiger partial charge in [-0.05, 0) is 12.8 Å². The van der Waals surface area contributed by atoms with Gasteiger partial charge in [-0.25, -0.2) is 0 Å². The van der Waals surface area contributed by atoms with Gasteiger partial charge in [0.15, 0.2) is 0 Å². The Balaban J connectivity index is 2.42. The molecule has 0 aromatic heterocycles. The number of aliphatic hydroxyl groups excluding tert-OH is 1. The lowest BCUT2D eigenvalue weighted by atomic mass is 9.75. The van der Waals surface area contributed by atoms with Crippen molar-refractivity contribution in [1.29, 1.82) is 0 Å². The molecule has 1 rings (SSSR count). The molecule has 0 unspecified atom stereocenters. The number of carbonyl (C=O) groups is 1. The van der Waals surface area contributed by atoms with Crippen LogP contribution in [0.3, 0.4) is 0 Å². The zero-order valence-electron chi connectivity index (χ0n) is 9.79. The summed E-state index contributed by atoms with van der Waals surface area (Å²) >= 11 is 0. The minimum Gasteiger partial charge on any atom is -0.465 e.